The van der Waals surface area contributed by atoms with Crippen LogP contribution in [0.15, 0.2) is 29.2 Å². The van der Waals surface area contributed by atoms with Crippen molar-refractivity contribution < 1.29 is 21.6 Å². The summed E-state index contributed by atoms with van der Waals surface area (Å²) >= 11 is 1.49. The Labute approximate surface area is 176 Å². The fourth-order valence-corrected chi connectivity index (χ4v) is 9.69. The standard InChI is InChI=1S/C19H26N2O5S3/c22-19(21-9-7-20(8-10-21)15-5-11-28(23,24)13-15)17-3-1-2-4-18(17)27-16-6-12-29(25,26)14-16/h1-4,15-16H,5-14H2/t15-,16-/m1/s1. The molecule has 0 saturated carbocycles. The summed E-state index contributed by atoms with van der Waals surface area (Å²) in [7, 11) is -5.87. The summed E-state index contributed by atoms with van der Waals surface area (Å²) in [6.45, 7) is 2.52. The number of carbonyl (C=O) groups excluding carboxylic acids is 1. The molecular formula is C19H26N2O5S3. The van der Waals surface area contributed by atoms with Gasteiger partial charge in [0.1, 0.15) is 0 Å². The Bertz CT molecular complexity index is 985. The molecule has 1 aromatic rings. The van der Waals surface area contributed by atoms with Crippen molar-refractivity contribution in [3.05, 3.63) is 29.8 Å². The summed E-state index contributed by atoms with van der Waals surface area (Å²) in [4.78, 5) is 18.0. The van der Waals surface area contributed by atoms with Crippen molar-refractivity contribution in [1.82, 2.24) is 9.80 Å². The van der Waals surface area contributed by atoms with Crippen LogP contribution >= 0.6 is 11.8 Å². The molecular weight excluding hydrogens is 432 g/mol. The topological polar surface area (TPSA) is 91.8 Å². The highest BCUT2D eigenvalue weighted by Gasteiger charge is 2.35. The van der Waals surface area contributed by atoms with Crippen LogP contribution in [0.25, 0.3) is 0 Å². The van der Waals surface area contributed by atoms with Crippen molar-refractivity contribution in [1.29, 1.82) is 0 Å². The first-order valence-corrected chi connectivity index (χ1v) is 14.4. The summed E-state index contributed by atoms with van der Waals surface area (Å²) in [6, 6.07) is 7.49. The molecule has 3 aliphatic rings. The molecule has 3 heterocycles. The summed E-state index contributed by atoms with van der Waals surface area (Å²) in [5.41, 5.74) is 0.624. The van der Waals surface area contributed by atoms with E-state index in [1.54, 1.807) is 0 Å². The molecule has 0 radical (unpaired) electrons. The highest BCUT2D eigenvalue weighted by atomic mass is 32.2. The summed E-state index contributed by atoms with van der Waals surface area (Å²) in [5.74, 6) is 0.846. The Balaban J connectivity index is 1.39. The second-order valence-corrected chi connectivity index (χ2v) is 13.8. The highest BCUT2D eigenvalue weighted by molar-refractivity contribution is 8.02. The molecule has 29 heavy (non-hydrogen) atoms. The predicted octanol–water partition coefficient (Wildman–Crippen LogP) is 0.911. The van der Waals surface area contributed by atoms with E-state index >= 15 is 0 Å². The van der Waals surface area contributed by atoms with Gasteiger partial charge in [-0.2, -0.15) is 0 Å². The van der Waals surface area contributed by atoms with Crippen molar-refractivity contribution in [2.24, 2.45) is 0 Å². The van der Waals surface area contributed by atoms with Crippen LogP contribution in [0, 0.1) is 0 Å². The molecule has 2 atom stereocenters. The predicted molar refractivity (Wildman–Crippen MR) is 114 cm³/mol. The number of piperazine rings is 1. The van der Waals surface area contributed by atoms with E-state index in [9.17, 15) is 21.6 Å². The molecule has 4 rings (SSSR count). The third kappa shape index (κ3) is 4.98. The van der Waals surface area contributed by atoms with Crippen molar-refractivity contribution in [2.75, 3.05) is 49.2 Å². The number of nitrogens with zero attached hydrogens (tertiary/aromatic N) is 2. The zero-order valence-electron chi connectivity index (χ0n) is 16.2. The Morgan fingerprint density at radius 2 is 1.55 bits per heavy atom. The van der Waals surface area contributed by atoms with Gasteiger partial charge < -0.3 is 4.90 Å². The summed E-state index contributed by atoms with van der Waals surface area (Å²) in [5, 5.41) is -0.00453. The molecule has 3 saturated heterocycles. The van der Waals surface area contributed by atoms with Crippen molar-refractivity contribution in [2.45, 2.75) is 29.0 Å². The van der Waals surface area contributed by atoms with E-state index < -0.39 is 19.7 Å². The lowest BCUT2D eigenvalue weighted by Gasteiger charge is -2.37. The summed E-state index contributed by atoms with van der Waals surface area (Å²) < 4.78 is 47.0. The van der Waals surface area contributed by atoms with E-state index in [1.807, 2.05) is 29.2 Å². The maximum Gasteiger partial charge on any atom is 0.255 e. The van der Waals surface area contributed by atoms with Crippen LogP contribution in [-0.4, -0.2) is 93.0 Å². The first-order valence-electron chi connectivity index (χ1n) is 9.92. The average molecular weight is 459 g/mol. The zero-order chi connectivity index (χ0) is 20.6. The van der Waals surface area contributed by atoms with Gasteiger partial charge in [0.2, 0.25) is 0 Å². The second kappa shape index (κ2) is 8.20. The van der Waals surface area contributed by atoms with E-state index in [1.165, 1.54) is 11.8 Å². The third-order valence-electron chi connectivity index (χ3n) is 5.93. The molecule has 10 heteroatoms. The van der Waals surface area contributed by atoms with E-state index in [4.69, 9.17) is 0 Å². The minimum absolute atomic E-state index is 0.00453. The Hall–Kier alpha value is -1.10. The van der Waals surface area contributed by atoms with Crippen LogP contribution < -0.4 is 0 Å². The quantitative estimate of drug-likeness (QED) is 0.662. The largest absolute Gasteiger partial charge is 0.336 e. The second-order valence-electron chi connectivity index (χ2n) is 8.02. The number of hydrogen-bond donors (Lipinski definition) is 0. The van der Waals surface area contributed by atoms with Gasteiger partial charge in [-0.3, -0.25) is 9.69 Å². The maximum atomic E-state index is 13.1. The first-order chi connectivity index (χ1) is 13.7. The van der Waals surface area contributed by atoms with Gasteiger partial charge in [-0.05, 0) is 25.0 Å². The van der Waals surface area contributed by atoms with Crippen LogP contribution in [0.4, 0.5) is 0 Å². The lowest BCUT2D eigenvalue weighted by molar-refractivity contribution is 0.0584. The summed E-state index contributed by atoms with van der Waals surface area (Å²) in [6.07, 6.45) is 1.30. The number of thioether (sulfide) groups is 1. The van der Waals surface area contributed by atoms with Gasteiger partial charge in [0.05, 0.1) is 28.6 Å². The molecule has 3 fully saturated rings. The Kier molecular flexibility index (Phi) is 5.98. The SMILES string of the molecule is O=C(c1ccccc1S[C@@H]1CCS(=O)(=O)C1)N1CCN([C@@H]2CCS(=O)(=O)C2)CC1. The van der Waals surface area contributed by atoms with Crippen molar-refractivity contribution in [3.8, 4) is 0 Å². The van der Waals surface area contributed by atoms with E-state index in [0.717, 1.165) is 4.90 Å². The molecule has 0 bridgehead atoms. The number of sulfone groups is 2. The fraction of sp³-hybridized carbons (Fsp3) is 0.632. The average Bonchev–Trinajstić information content (AvgIpc) is 3.22. The van der Waals surface area contributed by atoms with Gasteiger partial charge in [-0.15, -0.1) is 11.8 Å². The number of carbonyl (C=O) groups is 1. The van der Waals surface area contributed by atoms with Gasteiger partial charge in [0.25, 0.3) is 5.91 Å². The van der Waals surface area contributed by atoms with Crippen LogP contribution in [-0.2, 0) is 19.7 Å². The molecule has 0 aromatic heterocycles. The Morgan fingerprint density at radius 3 is 2.17 bits per heavy atom. The maximum absolute atomic E-state index is 13.1. The molecule has 3 aliphatic heterocycles. The fourth-order valence-electron chi connectivity index (χ4n) is 4.30. The normalized spacial score (nSPS) is 29.2. The molecule has 0 aliphatic carbocycles. The monoisotopic (exact) mass is 458 g/mol. The van der Waals surface area contributed by atoms with Crippen LogP contribution in [0.2, 0.25) is 0 Å². The lowest BCUT2D eigenvalue weighted by Crippen LogP contribution is -2.52. The molecule has 7 nitrogen and oxygen atoms in total. The van der Waals surface area contributed by atoms with Crippen LogP contribution in [0.5, 0.6) is 0 Å². The molecule has 160 valence electrons. The molecule has 1 aromatic carbocycles. The lowest BCUT2D eigenvalue weighted by atomic mass is 10.1. The highest BCUT2D eigenvalue weighted by Crippen LogP contribution is 2.33. The van der Waals surface area contributed by atoms with Crippen molar-refractivity contribution in [3.63, 3.8) is 0 Å². The minimum Gasteiger partial charge on any atom is -0.336 e. The van der Waals surface area contributed by atoms with Crippen LogP contribution in [0.3, 0.4) is 0 Å². The van der Waals surface area contributed by atoms with Crippen molar-refractivity contribution >= 4 is 37.3 Å². The third-order valence-corrected chi connectivity index (χ3v) is 11.0. The minimum atomic E-state index is -2.96. The van der Waals surface area contributed by atoms with E-state index in [2.05, 4.69) is 4.90 Å². The molecule has 1 amide bonds. The first kappa shape index (κ1) is 21.1. The van der Waals surface area contributed by atoms with Gasteiger partial charge in [0, 0.05) is 42.4 Å². The number of hydrogen-bond acceptors (Lipinski definition) is 7. The zero-order valence-corrected chi connectivity index (χ0v) is 18.6. The van der Waals surface area contributed by atoms with Crippen LogP contribution in [0.1, 0.15) is 23.2 Å². The molecule has 0 N–H and O–H groups in total. The smallest absolute Gasteiger partial charge is 0.255 e. The molecule has 0 spiro atoms. The molecule has 0 unspecified atom stereocenters. The number of benzene rings is 1. The van der Waals surface area contributed by atoms with Gasteiger partial charge >= 0.3 is 0 Å². The Morgan fingerprint density at radius 1 is 0.897 bits per heavy atom. The number of amides is 1. The van der Waals surface area contributed by atoms with Gasteiger partial charge in [-0.25, -0.2) is 16.8 Å². The number of rotatable bonds is 4. The van der Waals surface area contributed by atoms with E-state index in [-0.39, 0.29) is 40.2 Å². The van der Waals surface area contributed by atoms with E-state index in [0.29, 0.717) is 44.6 Å². The van der Waals surface area contributed by atoms with Gasteiger partial charge in [0.15, 0.2) is 19.7 Å². The van der Waals surface area contributed by atoms with Gasteiger partial charge in [-0.1, -0.05) is 12.1 Å².